The second-order valence-corrected chi connectivity index (χ2v) is 6.47. The molecule has 112 valence electrons. The number of fused-ring (bicyclic) bond motifs is 3. The lowest BCUT2D eigenvalue weighted by atomic mass is 10.2. The van der Waals surface area contributed by atoms with Gasteiger partial charge in [-0.1, -0.05) is 15.9 Å². The Balaban J connectivity index is 1.77. The highest BCUT2D eigenvalue weighted by Gasteiger charge is 2.23. The van der Waals surface area contributed by atoms with Crippen molar-refractivity contribution in [3.05, 3.63) is 39.4 Å². The van der Waals surface area contributed by atoms with E-state index in [0.29, 0.717) is 11.0 Å². The molecule has 0 spiro atoms. The van der Waals surface area contributed by atoms with Crippen molar-refractivity contribution in [2.45, 2.75) is 25.4 Å². The first-order valence-corrected chi connectivity index (χ1v) is 7.87. The van der Waals surface area contributed by atoms with Gasteiger partial charge in [-0.3, -0.25) is 14.2 Å². The molecule has 1 fully saturated rings. The van der Waals surface area contributed by atoms with Crippen LogP contribution in [0.1, 0.15) is 12.8 Å². The van der Waals surface area contributed by atoms with Gasteiger partial charge in [-0.05, 0) is 31.0 Å². The molecule has 7 heteroatoms. The largest absolute Gasteiger partial charge is 0.352 e. The van der Waals surface area contributed by atoms with Gasteiger partial charge in [-0.25, -0.2) is 4.98 Å². The molecular formula is C15H13BrN4O2. The highest BCUT2D eigenvalue weighted by atomic mass is 79.9. The molecule has 1 saturated carbocycles. The molecule has 2 aromatic heterocycles. The van der Waals surface area contributed by atoms with E-state index in [4.69, 9.17) is 0 Å². The SMILES string of the molecule is O=C(Cn1cnc2c([nH]c3ccc(Br)cc32)c1=O)NC1CC1. The Labute approximate surface area is 133 Å². The Morgan fingerprint density at radius 3 is 3.05 bits per heavy atom. The van der Waals surface area contributed by atoms with E-state index in [2.05, 4.69) is 31.2 Å². The van der Waals surface area contributed by atoms with Crippen molar-refractivity contribution in [1.82, 2.24) is 19.9 Å². The second-order valence-electron chi connectivity index (χ2n) is 5.56. The van der Waals surface area contributed by atoms with Gasteiger partial charge < -0.3 is 10.3 Å². The van der Waals surface area contributed by atoms with E-state index >= 15 is 0 Å². The molecule has 1 aliphatic rings. The molecule has 1 aromatic carbocycles. The number of benzene rings is 1. The lowest BCUT2D eigenvalue weighted by Gasteiger charge is -2.05. The summed E-state index contributed by atoms with van der Waals surface area (Å²) >= 11 is 3.42. The standard InChI is InChI=1S/C15H13BrN4O2/c16-8-1-4-11-10(5-8)13-14(19-11)15(22)20(7-17-13)6-12(21)18-9-2-3-9/h1,4-5,7,9,19H,2-3,6H2,(H,18,21). The molecule has 1 aliphatic carbocycles. The van der Waals surface area contributed by atoms with Crippen LogP contribution in [-0.4, -0.2) is 26.5 Å². The highest BCUT2D eigenvalue weighted by molar-refractivity contribution is 9.10. The Hall–Kier alpha value is -2.15. The molecule has 1 amide bonds. The molecule has 4 rings (SSSR count). The van der Waals surface area contributed by atoms with Crippen molar-refractivity contribution in [3.63, 3.8) is 0 Å². The van der Waals surface area contributed by atoms with Crippen LogP contribution in [0.4, 0.5) is 0 Å². The molecule has 6 nitrogen and oxygen atoms in total. The predicted octanol–water partition coefficient (Wildman–Crippen LogP) is 1.92. The van der Waals surface area contributed by atoms with E-state index in [9.17, 15) is 9.59 Å². The van der Waals surface area contributed by atoms with Gasteiger partial charge in [0.15, 0.2) is 0 Å². The first-order chi connectivity index (χ1) is 10.6. The van der Waals surface area contributed by atoms with Crippen LogP contribution in [-0.2, 0) is 11.3 Å². The Morgan fingerprint density at radius 1 is 1.45 bits per heavy atom. The van der Waals surface area contributed by atoms with Crippen LogP contribution < -0.4 is 10.9 Å². The van der Waals surface area contributed by atoms with Gasteiger partial charge in [-0.2, -0.15) is 0 Å². The van der Waals surface area contributed by atoms with Crippen LogP contribution in [0.15, 0.2) is 33.8 Å². The third kappa shape index (κ3) is 2.31. The maximum atomic E-state index is 12.5. The first-order valence-electron chi connectivity index (χ1n) is 7.07. The highest BCUT2D eigenvalue weighted by Crippen LogP contribution is 2.24. The summed E-state index contributed by atoms with van der Waals surface area (Å²) in [6.07, 6.45) is 3.48. The predicted molar refractivity (Wildman–Crippen MR) is 86.7 cm³/mol. The van der Waals surface area contributed by atoms with Crippen LogP contribution in [0.25, 0.3) is 21.9 Å². The molecule has 0 saturated heterocycles. The van der Waals surface area contributed by atoms with Gasteiger partial charge in [0.25, 0.3) is 5.56 Å². The molecule has 3 aromatic rings. The topological polar surface area (TPSA) is 79.8 Å². The number of nitrogens with zero attached hydrogens (tertiary/aromatic N) is 2. The zero-order valence-corrected chi connectivity index (χ0v) is 13.2. The molecule has 0 aliphatic heterocycles. The number of nitrogens with one attached hydrogen (secondary N) is 2. The Bertz CT molecular complexity index is 955. The maximum absolute atomic E-state index is 12.5. The smallest absolute Gasteiger partial charge is 0.278 e. The number of hydrogen-bond acceptors (Lipinski definition) is 3. The quantitative estimate of drug-likeness (QED) is 0.748. The van der Waals surface area contributed by atoms with E-state index in [1.807, 2.05) is 18.2 Å². The Morgan fingerprint density at radius 2 is 2.27 bits per heavy atom. The number of aromatic nitrogens is 3. The summed E-state index contributed by atoms with van der Waals surface area (Å²) in [5, 5.41) is 3.75. The summed E-state index contributed by atoms with van der Waals surface area (Å²) in [5.74, 6) is -0.149. The van der Waals surface area contributed by atoms with Crippen LogP contribution in [0.5, 0.6) is 0 Å². The third-order valence-electron chi connectivity index (χ3n) is 3.79. The number of aromatic amines is 1. The molecular weight excluding hydrogens is 348 g/mol. The Kier molecular flexibility index (Phi) is 3.04. The fraction of sp³-hybridized carbons (Fsp3) is 0.267. The second kappa shape index (κ2) is 4.95. The number of hydrogen-bond donors (Lipinski definition) is 2. The minimum atomic E-state index is -0.233. The monoisotopic (exact) mass is 360 g/mol. The average molecular weight is 361 g/mol. The third-order valence-corrected chi connectivity index (χ3v) is 4.28. The van der Waals surface area contributed by atoms with Gasteiger partial charge in [0.2, 0.25) is 5.91 Å². The molecule has 2 heterocycles. The molecule has 0 bridgehead atoms. The molecule has 22 heavy (non-hydrogen) atoms. The summed E-state index contributed by atoms with van der Waals surface area (Å²) in [4.78, 5) is 31.8. The van der Waals surface area contributed by atoms with E-state index in [-0.39, 0.29) is 24.1 Å². The summed E-state index contributed by atoms with van der Waals surface area (Å²) in [6.45, 7) is -0.00265. The summed E-state index contributed by atoms with van der Waals surface area (Å²) in [6, 6.07) is 6.00. The lowest BCUT2D eigenvalue weighted by molar-refractivity contribution is -0.121. The number of rotatable bonds is 3. The van der Waals surface area contributed by atoms with E-state index in [1.54, 1.807) is 0 Å². The van der Waals surface area contributed by atoms with Crippen LogP contribution in [0, 0.1) is 0 Å². The number of amides is 1. The van der Waals surface area contributed by atoms with Crippen molar-refractivity contribution in [2.75, 3.05) is 0 Å². The number of halogens is 1. The van der Waals surface area contributed by atoms with Crippen molar-refractivity contribution in [2.24, 2.45) is 0 Å². The van der Waals surface area contributed by atoms with Crippen LogP contribution in [0.2, 0.25) is 0 Å². The van der Waals surface area contributed by atoms with Crippen LogP contribution >= 0.6 is 15.9 Å². The summed E-state index contributed by atoms with van der Waals surface area (Å²) in [7, 11) is 0. The minimum absolute atomic E-state index is 0.00265. The van der Waals surface area contributed by atoms with E-state index < -0.39 is 0 Å². The first kappa shape index (κ1) is 13.5. The minimum Gasteiger partial charge on any atom is -0.352 e. The zero-order chi connectivity index (χ0) is 15.3. The lowest BCUT2D eigenvalue weighted by Crippen LogP contribution is -2.33. The maximum Gasteiger partial charge on any atom is 0.278 e. The molecule has 0 radical (unpaired) electrons. The fourth-order valence-corrected chi connectivity index (χ4v) is 2.89. The van der Waals surface area contributed by atoms with Crippen molar-refractivity contribution in [3.8, 4) is 0 Å². The molecule has 0 atom stereocenters. The zero-order valence-electron chi connectivity index (χ0n) is 11.6. The molecule has 2 N–H and O–H groups in total. The van der Waals surface area contributed by atoms with Gasteiger partial charge in [0.05, 0.1) is 6.33 Å². The van der Waals surface area contributed by atoms with Gasteiger partial charge in [0.1, 0.15) is 17.6 Å². The van der Waals surface area contributed by atoms with E-state index in [0.717, 1.165) is 28.2 Å². The fourth-order valence-electron chi connectivity index (χ4n) is 2.53. The summed E-state index contributed by atoms with van der Waals surface area (Å²) in [5.41, 5.74) is 1.67. The van der Waals surface area contributed by atoms with Crippen LogP contribution in [0.3, 0.4) is 0 Å². The number of H-pyrrole nitrogens is 1. The van der Waals surface area contributed by atoms with Crippen molar-refractivity contribution >= 4 is 43.8 Å². The number of carbonyl (C=O) groups is 1. The van der Waals surface area contributed by atoms with E-state index in [1.165, 1.54) is 10.9 Å². The van der Waals surface area contributed by atoms with Gasteiger partial charge >= 0.3 is 0 Å². The average Bonchev–Trinajstić information content (AvgIpc) is 3.21. The van der Waals surface area contributed by atoms with Crippen molar-refractivity contribution < 1.29 is 4.79 Å². The normalized spacial score (nSPS) is 14.6. The van der Waals surface area contributed by atoms with Crippen molar-refractivity contribution in [1.29, 1.82) is 0 Å². The van der Waals surface area contributed by atoms with Gasteiger partial charge in [0, 0.05) is 21.4 Å². The van der Waals surface area contributed by atoms with Gasteiger partial charge in [-0.15, -0.1) is 0 Å². The molecule has 0 unspecified atom stereocenters. The summed E-state index contributed by atoms with van der Waals surface area (Å²) < 4.78 is 2.26. The number of carbonyl (C=O) groups excluding carboxylic acids is 1.